The number of rotatable bonds is 16. The van der Waals surface area contributed by atoms with Gasteiger partial charge in [0.1, 0.15) is 0 Å². The highest BCUT2D eigenvalue weighted by Crippen LogP contribution is 2.48. The third-order valence-electron chi connectivity index (χ3n) is 14.9. The van der Waals surface area contributed by atoms with Crippen LogP contribution in [0.15, 0.2) is 243 Å². The van der Waals surface area contributed by atoms with Crippen LogP contribution in [0.1, 0.15) is 0 Å². The summed E-state index contributed by atoms with van der Waals surface area (Å²) in [6, 6.07) is 76.4. The Morgan fingerprint density at radius 3 is 0.500 bits per heavy atom. The van der Waals surface area contributed by atoms with Crippen molar-refractivity contribution in [3.8, 4) is 0 Å². The van der Waals surface area contributed by atoms with Crippen LogP contribution in [0.5, 0.6) is 0 Å². The van der Waals surface area contributed by atoms with Gasteiger partial charge in [-0.25, -0.2) is 0 Å². The van der Waals surface area contributed by atoms with Crippen LogP contribution in [-0.2, 0) is 74.1 Å². The van der Waals surface area contributed by atoms with E-state index in [0.717, 1.165) is 0 Å². The molecule has 18 nitrogen and oxygen atoms in total. The van der Waals surface area contributed by atoms with E-state index < -0.39 is 123 Å². The lowest BCUT2D eigenvalue weighted by molar-refractivity contribution is 0.0133. The summed E-state index contributed by atoms with van der Waals surface area (Å²) in [5.41, 5.74) is 0. The average Bonchev–Trinajstić information content (AvgIpc) is 0.679. The molecule has 0 amide bonds. The standard InChI is InChI=1S/C58H72O18Si14/c1-77(2)59-79(5,6)61-81(9)63-83(51-35-19-11-20-36-51)67-87(55-43-27-15-28-44-55)71-85(53-39-23-13-24-40-53)65-82(10,62-80(7,8)60-78(3)4)66-86(54-41-25-14-26-42-54)73-89(75-87,57-47-31-17-32-48-57)69-84(64-81,52-37-21-12-22-38-52)70-90(74-86,58-49-33-18-34-50-58)76-88(68-83,72-85)56-45-29-16-30-46-56/h11-50,77-78H,1-10H3. The summed E-state index contributed by atoms with van der Waals surface area (Å²) in [5.74, 6) is 0. The van der Waals surface area contributed by atoms with Crippen molar-refractivity contribution in [3.63, 3.8) is 0 Å². The van der Waals surface area contributed by atoms with Gasteiger partial charge in [-0.1, -0.05) is 243 Å². The molecule has 8 aromatic carbocycles. The number of hydrogen-bond acceptors (Lipinski definition) is 18. The lowest BCUT2D eigenvalue weighted by Crippen LogP contribution is -2.93. The van der Waals surface area contributed by atoms with Gasteiger partial charge < -0.3 is 74.1 Å². The Bertz CT molecular complexity index is 3280. The van der Waals surface area contributed by atoms with Gasteiger partial charge in [-0.2, -0.15) is 0 Å². The second-order valence-electron chi connectivity index (χ2n) is 23.9. The van der Waals surface area contributed by atoms with E-state index in [1.54, 1.807) is 0 Å². The van der Waals surface area contributed by atoms with Gasteiger partial charge in [0, 0.05) is 54.6 Å². The van der Waals surface area contributed by atoms with E-state index in [1.807, 2.05) is 282 Å². The monoisotopic (exact) mass is 1450 g/mol. The Labute approximate surface area is 542 Å². The van der Waals surface area contributed by atoms with Crippen LogP contribution in [0.3, 0.4) is 0 Å². The van der Waals surface area contributed by atoms with Gasteiger partial charge in [-0.3, -0.25) is 0 Å². The fraction of sp³-hybridized carbons (Fsp3) is 0.172. The molecule has 0 aromatic heterocycles. The predicted molar refractivity (Wildman–Crippen MR) is 370 cm³/mol. The van der Waals surface area contributed by atoms with E-state index in [0.29, 0.717) is 41.5 Å². The highest BCUT2D eigenvalue weighted by atomic mass is 28.6. The molecule has 8 aromatic rings. The van der Waals surface area contributed by atoms with Crippen molar-refractivity contribution in [3.05, 3.63) is 243 Å². The number of benzene rings is 8. The summed E-state index contributed by atoms with van der Waals surface area (Å²) in [5, 5.41) is 3.60. The maximum absolute atomic E-state index is 8.60. The summed E-state index contributed by atoms with van der Waals surface area (Å²) in [4.78, 5) is 0. The zero-order valence-electron chi connectivity index (χ0n) is 51.6. The van der Waals surface area contributed by atoms with Gasteiger partial charge in [0.2, 0.25) is 0 Å². The van der Waals surface area contributed by atoms with Crippen molar-refractivity contribution in [1.29, 1.82) is 0 Å². The lowest BCUT2D eigenvalue weighted by atomic mass is 10.4. The highest BCUT2D eigenvalue weighted by molar-refractivity contribution is 7.13. The molecule has 8 bridgehead atoms. The van der Waals surface area contributed by atoms with Crippen molar-refractivity contribution in [2.45, 2.75) is 65.5 Å². The predicted octanol–water partition coefficient (Wildman–Crippen LogP) is 5.63. The first kappa shape index (κ1) is 64.8. The maximum Gasteiger partial charge on any atom is 0.515 e. The molecule has 0 atom stereocenters. The molecule has 468 valence electrons. The fourth-order valence-electron chi connectivity index (χ4n) is 12.0. The van der Waals surface area contributed by atoms with Crippen LogP contribution in [-0.4, -0.2) is 123 Å². The third kappa shape index (κ3) is 12.7. The summed E-state index contributed by atoms with van der Waals surface area (Å²) in [6.07, 6.45) is 0. The molecule has 32 heteroatoms. The number of hydrogen-bond donors (Lipinski definition) is 0. The van der Waals surface area contributed by atoms with Crippen molar-refractivity contribution >= 4 is 165 Å². The molecule has 0 saturated carbocycles. The van der Waals surface area contributed by atoms with Gasteiger partial charge in [-0.05, 0) is 52.4 Å². The van der Waals surface area contributed by atoms with Crippen LogP contribution >= 0.6 is 0 Å². The Morgan fingerprint density at radius 1 is 0.233 bits per heavy atom. The largest absolute Gasteiger partial charge is 0.515 e. The lowest BCUT2D eigenvalue weighted by Gasteiger charge is -2.60. The van der Waals surface area contributed by atoms with Gasteiger partial charge in [0.25, 0.3) is 0 Å². The Morgan fingerprint density at radius 2 is 0.367 bits per heavy atom. The molecule has 6 aliphatic heterocycles. The zero-order chi connectivity index (χ0) is 62.8. The molecule has 0 N–H and O–H groups in total. The normalized spacial score (nSPS) is 32.8. The minimum absolute atomic E-state index is 0.437. The molecule has 6 saturated heterocycles. The quantitative estimate of drug-likeness (QED) is 0.109. The van der Waals surface area contributed by atoms with E-state index in [4.69, 9.17) is 74.1 Å². The van der Waals surface area contributed by atoms with E-state index >= 15 is 0 Å². The molecule has 0 spiro atoms. The minimum atomic E-state index is -5.34. The first-order chi connectivity index (χ1) is 43.0. The summed E-state index contributed by atoms with van der Waals surface area (Å²) in [6.45, 7) is 20.1. The van der Waals surface area contributed by atoms with Crippen molar-refractivity contribution in [2.75, 3.05) is 0 Å². The molecular weight excluding hydrogens is 1380 g/mol. The third-order valence-corrected chi connectivity index (χ3v) is 70.2. The van der Waals surface area contributed by atoms with Crippen molar-refractivity contribution in [2.24, 2.45) is 0 Å². The molecule has 6 fully saturated rings. The van der Waals surface area contributed by atoms with Gasteiger partial charge in [0.05, 0.1) is 0 Å². The summed E-state index contributed by atoms with van der Waals surface area (Å²) < 4.78 is 148. The van der Waals surface area contributed by atoms with E-state index in [9.17, 15) is 0 Å². The molecule has 6 aliphatic rings. The van der Waals surface area contributed by atoms with Crippen LogP contribution in [0.4, 0.5) is 0 Å². The van der Waals surface area contributed by atoms with Gasteiger partial charge >= 0.3 is 105 Å². The fourth-order valence-corrected chi connectivity index (χ4v) is 83.8. The topological polar surface area (TPSA) is 166 Å². The SMILES string of the molecule is C[SiH](C)O[Si](C)(C)O[Si]1(C)O[Si]2(c3ccccc3)O[Si]3(c4ccccc4)O[Si]4(c5ccccc5)O[Si](C)(O[Si](C)(C)O[SiH](C)C)O[Si]5(c6ccccc6)O[Si](c6ccccc6)(O[Si](c6ccccc6)(O1)O[Si](c1ccccc1)(O5)O[Si](c1ccccc1)(O2)O4)O3. The number of fused-ring (bicyclic) bond motifs is 4. The smallest absolute Gasteiger partial charge is 0.439 e. The Kier molecular flexibility index (Phi) is 17.8. The van der Waals surface area contributed by atoms with E-state index in [-0.39, 0.29) is 0 Å². The second-order valence-corrected chi connectivity index (χ2v) is 65.6. The molecule has 0 unspecified atom stereocenters. The maximum atomic E-state index is 8.60. The highest BCUT2D eigenvalue weighted by Gasteiger charge is 2.84. The first-order valence-corrected chi connectivity index (χ1v) is 59.4. The first-order valence-electron chi connectivity index (χ1n) is 30.0. The van der Waals surface area contributed by atoms with Crippen molar-refractivity contribution in [1.82, 2.24) is 0 Å². The minimum Gasteiger partial charge on any atom is -0.439 e. The Hall–Kier alpha value is -3.92. The summed E-state index contributed by atoms with van der Waals surface area (Å²) in [7, 11) is -62.2. The molecule has 14 rings (SSSR count). The van der Waals surface area contributed by atoms with Crippen molar-refractivity contribution < 1.29 is 74.1 Å². The second kappa shape index (κ2) is 24.7. The molecule has 0 aliphatic carbocycles. The van der Waals surface area contributed by atoms with Crippen LogP contribution in [0.2, 0.25) is 65.5 Å². The van der Waals surface area contributed by atoms with Gasteiger partial charge in [-0.15, -0.1) is 0 Å². The molecule has 0 radical (unpaired) electrons. The molecule has 90 heavy (non-hydrogen) atoms. The van der Waals surface area contributed by atoms with Crippen LogP contribution < -0.4 is 41.5 Å². The van der Waals surface area contributed by atoms with Crippen LogP contribution in [0, 0.1) is 0 Å². The molecular formula is C58H72O18Si14. The van der Waals surface area contributed by atoms with E-state index in [1.165, 1.54) is 0 Å². The average molecular weight is 1450 g/mol. The van der Waals surface area contributed by atoms with E-state index in [2.05, 4.69) is 26.2 Å². The molecule has 6 heterocycles. The van der Waals surface area contributed by atoms with Gasteiger partial charge in [0.15, 0.2) is 18.1 Å². The Balaban J connectivity index is 1.32. The zero-order valence-corrected chi connectivity index (χ0v) is 65.9. The van der Waals surface area contributed by atoms with Crippen LogP contribution in [0.25, 0.3) is 0 Å². The summed E-state index contributed by atoms with van der Waals surface area (Å²) >= 11 is 0.